The quantitative estimate of drug-likeness (QED) is 0.499. The van der Waals surface area contributed by atoms with Crippen molar-refractivity contribution in [2.75, 3.05) is 0 Å². The summed E-state index contributed by atoms with van der Waals surface area (Å²) in [5.41, 5.74) is 0. The van der Waals surface area contributed by atoms with Gasteiger partial charge in [-0.3, -0.25) is 0 Å². The molecule has 2 heteroatoms. The average Bonchev–Trinajstić information content (AvgIpc) is 2.37. The molecule has 0 aliphatic heterocycles. The highest BCUT2D eigenvalue weighted by Gasteiger charge is 2.73. The highest BCUT2D eigenvalue weighted by Crippen LogP contribution is 2.75. The summed E-state index contributed by atoms with van der Waals surface area (Å²) in [6, 6.07) is 0. The lowest BCUT2D eigenvalue weighted by molar-refractivity contribution is 0.456. The number of fused-ring (bicyclic) bond motifs is 5. The zero-order valence-corrected chi connectivity index (χ0v) is 7.20. The Balaban J connectivity index is 1.97. The van der Waals surface area contributed by atoms with Crippen molar-refractivity contribution in [3.05, 3.63) is 0 Å². The van der Waals surface area contributed by atoms with Crippen molar-refractivity contribution in [1.29, 1.82) is 0 Å². The molecule has 3 rings (SSSR count). The minimum Gasteiger partial charge on any atom is -0.101 e. The Hall–Kier alpha value is 0.580. The molecule has 4 atom stereocenters. The Kier molecular flexibility index (Phi) is 0.929. The number of alkyl halides is 2. The molecule has 3 aliphatic carbocycles. The third-order valence-electron chi connectivity index (χ3n) is 3.70. The predicted octanol–water partition coefficient (Wildman–Crippen LogP) is 2.84. The molecule has 0 saturated heterocycles. The van der Waals surface area contributed by atoms with Crippen LogP contribution in [0.4, 0.5) is 0 Å². The summed E-state index contributed by atoms with van der Waals surface area (Å²) in [6.45, 7) is 0. The third-order valence-corrected chi connectivity index (χ3v) is 4.70. The van der Waals surface area contributed by atoms with Gasteiger partial charge in [-0.25, -0.2) is 0 Å². The lowest BCUT2D eigenvalue weighted by Gasteiger charge is -2.07. The molecule has 0 N–H and O–H groups in total. The van der Waals surface area contributed by atoms with Gasteiger partial charge in [-0.2, -0.15) is 0 Å². The minimum atomic E-state index is -0.288. The van der Waals surface area contributed by atoms with Crippen LogP contribution in [-0.2, 0) is 0 Å². The van der Waals surface area contributed by atoms with Gasteiger partial charge in [0.2, 0.25) is 0 Å². The Morgan fingerprint density at radius 1 is 1.00 bits per heavy atom. The van der Waals surface area contributed by atoms with Crippen molar-refractivity contribution in [3.63, 3.8) is 0 Å². The topological polar surface area (TPSA) is 0 Å². The molecular formula is C8H10Cl2. The molecule has 0 radical (unpaired) electrons. The van der Waals surface area contributed by atoms with Gasteiger partial charge in [-0.05, 0) is 31.1 Å². The first-order chi connectivity index (χ1) is 4.71. The van der Waals surface area contributed by atoms with Crippen LogP contribution in [-0.4, -0.2) is 4.33 Å². The van der Waals surface area contributed by atoms with Gasteiger partial charge in [0.15, 0.2) is 0 Å². The Morgan fingerprint density at radius 3 is 1.90 bits per heavy atom. The Labute approximate surface area is 70.9 Å². The summed E-state index contributed by atoms with van der Waals surface area (Å²) >= 11 is 12.2. The van der Waals surface area contributed by atoms with Crippen molar-refractivity contribution >= 4 is 23.2 Å². The van der Waals surface area contributed by atoms with Crippen molar-refractivity contribution in [2.45, 2.75) is 23.6 Å². The van der Waals surface area contributed by atoms with Crippen molar-refractivity contribution in [3.8, 4) is 0 Å². The summed E-state index contributed by atoms with van der Waals surface area (Å²) in [5, 5.41) is 0. The number of hydrogen-bond donors (Lipinski definition) is 0. The summed E-state index contributed by atoms with van der Waals surface area (Å²) in [6.07, 6.45) is 4.22. The highest BCUT2D eigenvalue weighted by molar-refractivity contribution is 6.51. The van der Waals surface area contributed by atoms with E-state index in [1.807, 2.05) is 0 Å². The molecule has 0 spiro atoms. The first-order valence-corrected chi connectivity index (χ1v) is 4.84. The van der Waals surface area contributed by atoms with E-state index in [-0.39, 0.29) is 4.33 Å². The van der Waals surface area contributed by atoms with Gasteiger partial charge in [-0.1, -0.05) is 0 Å². The second-order valence-electron chi connectivity index (χ2n) is 4.06. The van der Waals surface area contributed by atoms with E-state index in [0.717, 1.165) is 11.8 Å². The molecule has 3 fully saturated rings. The first kappa shape index (κ1) is 6.14. The van der Waals surface area contributed by atoms with Crippen LogP contribution >= 0.6 is 23.2 Å². The first-order valence-electron chi connectivity index (χ1n) is 4.09. The summed E-state index contributed by atoms with van der Waals surface area (Å²) in [4.78, 5) is 0. The monoisotopic (exact) mass is 176 g/mol. The van der Waals surface area contributed by atoms with Gasteiger partial charge in [0, 0.05) is 11.8 Å². The van der Waals surface area contributed by atoms with Crippen LogP contribution in [0.1, 0.15) is 19.3 Å². The van der Waals surface area contributed by atoms with Gasteiger partial charge in [0.05, 0.1) is 0 Å². The maximum absolute atomic E-state index is 6.10. The smallest absolute Gasteiger partial charge is 0.101 e. The fourth-order valence-corrected chi connectivity index (χ4v) is 4.42. The van der Waals surface area contributed by atoms with Crippen molar-refractivity contribution in [2.24, 2.45) is 23.7 Å². The van der Waals surface area contributed by atoms with E-state index >= 15 is 0 Å². The molecule has 2 bridgehead atoms. The zero-order valence-electron chi connectivity index (χ0n) is 5.69. The van der Waals surface area contributed by atoms with Crippen molar-refractivity contribution in [1.82, 2.24) is 0 Å². The predicted molar refractivity (Wildman–Crippen MR) is 42.2 cm³/mol. The maximum atomic E-state index is 6.10. The van der Waals surface area contributed by atoms with Crippen molar-refractivity contribution < 1.29 is 0 Å². The minimum absolute atomic E-state index is 0.288. The van der Waals surface area contributed by atoms with Crippen LogP contribution in [0.2, 0.25) is 0 Å². The fourth-order valence-electron chi connectivity index (χ4n) is 3.30. The van der Waals surface area contributed by atoms with Gasteiger partial charge < -0.3 is 0 Å². The lowest BCUT2D eigenvalue weighted by atomic mass is 10.0. The fraction of sp³-hybridized carbons (Fsp3) is 1.00. The van der Waals surface area contributed by atoms with Gasteiger partial charge >= 0.3 is 0 Å². The van der Waals surface area contributed by atoms with Crippen LogP contribution in [0.15, 0.2) is 0 Å². The zero-order chi connectivity index (χ0) is 6.93. The van der Waals surface area contributed by atoms with Gasteiger partial charge in [0.1, 0.15) is 4.33 Å². The van der Waals surface area contributed by atoms with Gasteiger partial charge in [-0.15, -0.1) is 23.2 Å². The lowest BCUT2D eigenvalue weighted by Crippen LogP contribution is -2.04. The van der Waals surface area contributed by atoms with E-state index in [1.165, 1.54) is 19.3 Å². The van der Waals surface area contributed by atoms with E-state index in [1.54, 1.807) is 0 Å². The third kappa shape index (κ3) is 0.494. The Morgan fingerprint density at radius 2 is 1.50 bits per heavy atom. The molecule has 3 aliphatic rings. The second-order valence-corrected chi connectivity index (χ2v) is 5.50. The van der Waals surface area contributed by atoms with E-state index in [9.17, 15) is 0 Å². The summed E-state index contributed by atoms with van der Waals surface area (Å²) in [5.74, 6) is 3.17. The molecular weight excluding hydrogens is 167 g/mol. The summed E-state index contributed by atoms with van der Waals surface area (Å²) < 4.78 is -0.288. The van der Waals surface area contributed by atoms with Gasteiger partial charge in [0.25, 0.3) is 0 Å². The normalized spacial score (nSPS) is 60.6. The molecule has 0 aromatic carbocycles. The van der Waals surface area contributed by atoms with Crippen LogP contribution in [0, 0.1) is 23.7 Å². The largest absolute Gasteiger partial charge is 0.125 e. The van der Waals surface area contributed by atoms with E-state index in [2.05, 4.69) is 0 Å². The number of rotatable bonds is 0. The average molecular weight is 177 g/mol. The molecule has 56 valence electrons. The highest BCUT2D eigenvalue weighted by atomic mass is 35.5. The molecule has 3 saturated carbocycles. The maximum Gasteiger partial charge on any atom is 0.125 e. The van der Waals surface area contributed by atoms with E-state index in [4.69, 9.17) is 23.2 Å². The van der Waals surface area contributed by atoms with Crippen LogP contribution in [0.25, 0.3) is 0 Å². The second kappa shape index (κ2) is 1.51. The molecule has 0 nitrogen and oxygen atoms in total. The van der Waals surface area contributed by atoms with E-state index in [0.29, 0.717) is 11.8 Å². The molecule has 0 aromatic heterocycles. The summed E-state index contributed by atoms with van der Waals surface area (Å²) in [7, 11) is 0. The molecule has 0 aromatic rings. The van der Waals surface area contributed by atoms with Crippen LogP contribution in [0.5, 0.6) is 0 Å². The van der Waals surface area contributed by atoms with Crippen LogP contribution in [0.3, 0.4) is 0 Å². The molecule has 4 unspecified atom stereocenters. The molecule has 0 heterocycles. The molecule has 10 heavy (non-hydrogen) atoms. The number of halogens is 2. The number of hydrogen-bond acceptors (Lipinski definition) is 0. The SMILES string of the molecule is ClC1(Cl)C2C3CCC(C3)C21. The molecule has 0 amide bonds. The Bertz CT molecular complexity index is 170. The van der Waals surface area contributed by atoms with E-state index < -0.39 is 0 Å². The standard InChI is InChI=1S/C8H10Cl2/c9-8(10)6-4-1-2-5(3-4)7(6)8/h4-7H,1-3H2. The van der Waals surface area contributed by atoms with Crippen LogP contribution < -0.4 is 0 Å².